The van der Waals surface area contributed by atoms with Gasteiger partial charge < -0.3 is 5.73 Å². The van der Waals surface area contributed by atoms with Crippen LogP contribution in [0.15, 0.2) is 51.4 Å². The van der Waals surface area contributed by atoms with Gasteiger partial charge in [0.25, 0.3) is 0 Å². The Morgan fingerprint density at radius 1 is 1.37 bits per heavy atom. The monoisotopic (exact) mass is 501 g/mol. The average molecular weight is 503 g/mol. The molecule has 0 saturated heterocycles. The summed E-state index contributed by atoms with van der Waals surface area (Å²) < 4.78 is 1.01. The first kappa shape index (κ1) is 21.2. The molecule has 0 radical (unpaired) electrons. The van der Waals surface area contributed by atoms with E-state index in [-0.39, 0.29) is 5.78 Å². The van der Waals surface area contributed by atoms with E-state index in [9.17, 15) is 10.1 Å². The third-order valence-corrected chi connectivity index (χ3v) is 8.26. The van der Waals surface area contributed by atoms with E-state index in [4.69, 9.17) is 17.3 Å². The van der Waals surface area contributed by atoms with Crippen molar-refractivity contribution in [3.8, 4) is 6.07 Å². The van der Waals surface area contributed by atoms with Gasteiger partial charge in [0.05, 0.1) is 23.2 Å². The summed E-state index contributed by atoms with van der Waals surface area (Å²) in [6.07, 6.45) is 2.87. The topological polar surface area (TPSA) is 70.1 Å². The van der Waals surface area contributed by atoms with E-state index in [1.54, 1.807) is 11.3 Å². The molecular formula is C23H21BrClN3OS. The van der Waals surface area contributed by atoms with Crippen molar-refractivity contribution >= 4 is 50.3 Å². The van der Waals surface area contributed by atoms with Gasteiger partial charge in [-0.2, -0.15) is 5.26 Å². The second-order valence-electron chi connectivity index (χ2n) is 7.52. The van der Waals surface area contributed by atoms with Crippen LogP contribution >= 0.6 is 38.9 Å². The summed E-state index contributed by atoms with van der Waals surface area (Å²) in [5, 5.41) is 10.7. The summed E-state index contributed by atoms with van der Waals surface area (Å²) in [5.41, 5.74) is 10.4. The number of hydrogen-bond acceptors (Lipinski definition) is 5. The van der Waals surface area contributed by atoms with Crippen LogP contribution in [0.1, 0.15) is 47.4 Å². The van der Waals surface area contributed by atoms with Crippen LogP contribution in [-0.2, 0) is 11.2 Å². The highest BCUT2D eigenvalue weighted by atomic mass is 79.9. The summed E-state index contributed by atoms with van der Waals surface area (Å²) in [4.78, 5) is 17.2. The molecule has 1 aromatic carbocycles. The molecule has 0 bridgehead atoms. The van der Waals surface area contributed by atoms with Gasteiger partial charge >= 0.3 is 0 Å². The zero-order valence-corrected chi connectivity index (χ0v) is 19.9. The molecular weight excluding hydrogens is 482 g/mol. The summed E-state index contributed by atoms with van der Waals surface area (Å²) in [6, 6.07) is 9.96. The van der Waals surface area contributed by atoms with Crippen LogP contribution in [0.25, 0.3) is 0 Å². The molecule has 1 unspecified atom stereocenters. The van der Waals surface area contributed by atoms with Gasteiger partial charge in [0, 0.05) is 36.9 Å². The highest BCUT2D eigenvalue weighted by Gasteiger charge is 2.41. The minimum Gasteiger partial charge on any atom is -0.384 e. The maximum absolute atomic E-state index is 13.2. The fourth-order valence-electron chi connectivity index (χ4n) is 4.28. The Kier molecular flexibility index (Phi) is 5.80. The fraction of sp³-hybridized carbons (Fsp3) is 0.304. The third-order valence-electron chi connectivity index (χ3n) is 5.71. The maximum atomic E-state index is 13.2. The van der Waals surface area contributed by atoms with Crippen LogP contribution in [0.3, 0.4) is 0 Å². The lowest BCUT2D eigenvalue weighted by molar-refractivity contribution is -0.116. The number of anilines is 1. The number of Topliss-reactive ketones (excluding diaryl/α,β-unsaturated/α-hetero) is 1. The predicted molar refractivity (Wildman–Crippen MR) is 126 cm³/mol. The number of aryl methyl sites for hydroxylation is 2. The predicted octanol–water partition coefficient (Wildman–Crippen LogP) is 6.34. The Labute approximate surface area is 193 Å². The van der Waals surface area contributed by atoms with Crippen molar-refractivity contribution in [2.24, 2.45) is 5.73 Å². The number of thiophene rings is 1. The van der Waals surface area contributed by atoms with E-state index >= 15 is 0 Å². The summed E-state index contributed by atoms with van der Waals surface area (Å²) in [5.74, 6) is 0.0489. The van der Waals surface area contributed by atoms with Crippen molar-refractivity contribution in [2.45, 2.75) is 45.4 Å². The van der Waals surface area contributed by atoms with E-state index in [1.807, 2.05) is 36.1 Å². The third kappa shape index (κ3) is 3.39. The van der Waals surface area contributed by atoms with E-state index in [0.29, 0.717) is 28.4 Å². The fourth-order valence-corrected chi connectivity index (χ4v) is 6.48. The average Bonchev–Trinajstić information content (AvgIpc) is 3.10. The second-order valence-corrected chi connectivity index (χ2v) is 9.98. The number of nitrogens with two attached hydrogens (primary N) is 1. The van der Waals surface area contributed by atoms with Gasteiger partial charge in [0.2, 0.25) is 0 Å². The summed E-state index contributed by atoms with van der Waals surface area (Å²) >= 11 is 11.5. The first-order valence-electron chi connectivity index (χ1n) is 9.87. The molecule has 1 atom stereocenters. The van der Waals surface area contributed by atoms with Gasteiger partial charge in [-0.05, 0) is 65.9 Å². The quantitative estimate of drug-likeness (QED) is 0.531. The summed E-state index contributed by atoms with van der Waals surface area (Å²) in [6.45, 7) is 4.07. The molecule has 0 amide bonds. The minimum atomic E-state index is -0.421. The number of carbonyl (C=O) groups is 1. The number of nitriles is 1. The lowest BCUT2D eigenvalue weighted by atomic mass is 9.78. The Balaban J connectivity index is 1.99. The molecule has 1 aromatic heterocycles. The molecule has 0 fully saturated rings. The molecule has 1 aliphatic heterocycles. The molecule has 154 valence electrons. The number of carbonyl (C=O) groups excluding carboxylic acids is 1. The SMILES string of the molecule is CCc1sc(C2C(C#N)=C(N)N(c3cc(Cl)ccc3C)C3=C2C(=O)CCC3)cc1Br. The molecule has 4 nitrogen and oxygen atoms in total. The molecule has 4 rings (SSSR count). The molecule has 2 aliphatic rings. The molecule has 2 heterocycles. The summed E-state index contributed by atoms with van der Waals surface area (Å²) in [7, 11) is 0. The molecule has 30 heavy (non-hydrogen) atoms. The smallest absolute Gasteiger partial charge is 0.161 e. The number of allylic oxidation sites excluding steroid dienone is 3. The molecule has 2 aromatic rings. The number of nitrogens with zero attached hydrogens (tertiary/aromatic N) is 2. The van der Waals surface area contributed by atoms with Crippen molar-refractivity contribution in [1.29, 1.82) is 5.26 Å². The Hall–Kier alpha value is -2.07. The lowest BCUT2D eigenvalue weighted by Gasteiger charge is -2.39. The van der Waals surface area contributed by atoms with Gasteiger partial charge in [0.15, 0.2) is 5.78 Å². The molecule has 2 N–H and O–H groups in total. The van der Waals surface area contributed by atoms with Crippen molar-refractivity contribution in [3.63, 3.8) is 0 Å². The number of rotatable bonds is 3. The van der Waals surface area contributed by atoms with Crippen LogP contribution in [-0.4, -0.2) is 5.78 Å². The van der Waals surface area contributed by atoms with Crippen LogP contribution in [0.2, 0.25) is 5.02 Å². The number of hydrogen-bond donors (Lipinski definition) is 1. The minimum absolute atomic E-state index is 0.0914. The number of halogens is 2. The lowest BCUT2D eigenvalue weighted by Crippen LogP contribution is -2.38. The van der Waals surface area contributed by atoms with Crippen LogP contribution in [0, 0.1) is 18.3 Å². The first-order valence-corrected chi connectivity index (χ1v) is 11.9. The van der Waals surface area contributed by atoms with E-state index in [0.717, 1.165) is 45.6 Å². The number of ketones is 1. The zero-order chi connectivity index (χ0) is 21.6. The Morgan fingerprint density at radius 2 is 2.13 bits per heavy atom. The van der Waals surface area contributed by atoms with Gasteiger partial charge in [-0.3, -0.25) is 9.69 Å². The molecule has 0 saturated carbocycles. The maximum Gasteiger partial charge on any atom is 0.161 e. The molecule has 1 aliphatic carbocycles. The van der Waals surface area contributed by atoms with Gasteiger partial charge in [-0.25, -0.2) is 0 Å². The van der Waals surface area contributed by atoms with Crippen LogP contribution < -0.4 is 10.6 Å². The highest BCUT2D eigenvalue weighted by Crippen LogP contribution is 2.49. The van der Waals surface area contributed by atoms with E-state index in [2.05, 4.69) is 28.9 Å². The van der Waals surface area contributed by atoms with Crippen LogP contribution in [0.5, 0.6) is 0 Å². The number of benzene rings is 1. The zero-order valence-electron chi connectivity index (χ0n) is 16.8. The molecule has 7 heteroatoms. The van der Waals surface area contributed by atoms with E-state index in [1.165, 1.54) is 4.88 Å². The van der Waals surface area contributed by atoms with Crippen molar-refractivity contribution in [2.75, 3.05) is 4.90 Å². The first-order chi connectivity index (χ1) is 14.4. The standard InChI is InChI=1S/C23H21BrClN3OS/c1-3-19-15(24)10-20(30-19)21-14(11-26)23(27)28(16-5-4-6-18(29)22(16)21)17-9-13(25)8-7-12(17)2/h7-10,21H,3-6,27H2,1-2H3. The normalized spacial score (nSPS) is 19.2. The Bertz CT molecular complexity index is 1160. The van der Waals surface area contributed by atoms with Crippen molar-refractivity contribution in [3.05, 3.63) is 71.7 Å². The van der Waals surface area contributed by atoms with Crippen molar-refractivity contribution in [1.82, 2.24) is 0 Å². The van der Waals surface area contributed by atoms with Crippen LogP contribution in [0.4, 0.5) is 5.69 Å². The highest BCUT2D eigenvalue weighted by molar-refractivity contribution is 9.10. The largest absolute Gasteiger partial charge is 0.384 e. The molecule has 0 spiro atoms. The second kappa shape index (κ2) is 8.22. The van der Waals surface area contributed by atoms with Gasteiger partial charge in [0.1, 0.15) is 5.82 Å². The Morgan fingerprint density at radius 3 is 2.80 bits per heavy atom. The van der Waals surface area contributed by atoms with Crippen molar-refractivity contribution < 1.29 is 4.79 Å². The van der Waals surface area contributed by atoms with E-state index < -0.39 is 5.92 Å². The van der Waals surface area contributed by atoms with Gasteiger partial charge in [-0.15, -0.1) is 11.3 Å². The van der Waals surface area contributed by atoms with Gasteiger partial charge in [-0.1, -0.05) is 24.6 Å².